The molecule has 0 saturated carbocycles. The summed E-state index contributed by atoms with van der Waals surface area (Å²) in [5.41, 5.74) is 0.908. The lowest BCUT2D eigenvalue weighted by atomic mass is 9.77. The third-order valence-electron chi connectivity index (χ3n) is 4.96. The number of alkyl halides is 1. The molecule has 0 unspecified atom stereocenters. The standard InChI is InChI=1S/C21H30BCl2NO4/c1-19(2,3)27-18(26)25-13-16(22-28-20(4,5)21(6,7)29-22)11-14-8-9-17(24)15(10-14)12-23/h8-11H,12-13H2,1-7H3,(H,25,26). The van der Waals surface area contributed by atoms with Crippen LogP contribution >= 0.6 is 23.2 Å². The molecule has 1 saturated heterocycles. The van der Waals surface area contributed by atoms with Gasteiger partial charge in [-0.2, -0.15) is 0 Å². The highest BCUT2D eigenvalue weighted by atomic mass is 35.5. The number of halogens is 2. The number of amides is 1. The van der Waals surface area contributed by atoms with Crippen LogP contribution in [0.3, 0.4) is 0 Å². The van der Waals surface area contributed by atoms with Crippen LogP contribution in [0.5, 0.6) is 0 Å². The summed E-state index contributed by atoms with van der Waals surface area (Å²) >= 11 is 12.1. The zero-order chi connectivity index (χ0) is 22.0. The normalized spacial score (nSPS) is 18.7. The molecule has 0 radical (unpaired) electrons. The second kappa shape index (κ2) is 8.89. The van der Waals surface area contributed by atoms with Gasteiger partial charge in [-0.15, -0.1) is 11.6 Å². The Kier molecular flexibility index (Phi) is 7.37. The van der Waals surface area contributed by atoms with Crippen molar-refractivity contribution >= 4 is 42.5 Å². The van der Waals surface area contributed by atoms with Crippen LogP contribution in [-0.2, 0) is 19.9 Å². The lowest BCUT2D eigenvalue weighted by molar-refractivity contribution is 0.00578. The zero-order valence-electron chi connectivity index (χ0n) is 18.2. The second-order valence-corrected chi connectivity index (χ2v) is 9.82. The van der Waals surface area contributed by atoms with Crippen LogP contribution in [0.25, 0.3) is 6.08 Å². The van der Waals surface area contributed by atoms with Crippen LogP contribution in [0.2, 0.25) is 5.02 Å². The van der Waals surface area contributed by atoms with Crippen molar-refractivity contribution < 1.29 is 18.8 Å². The summed E-state index contributed by atoms with van der Waals surface area (Å²) in [4.78, 5) is 12.2. The lowest BCUT2D eigenvalue weighted by Crippen LogP contribution is -2.41. The van der Waals surface area contributed by atoms with E-state index in [0.29, 0.717) is 10.9 Å². The van der Waals surface area contributed by atoms with Gasteiger partial charge in [0.25, 0.3) is 0 Å². The highest BCUT2D eigenvalue weighted by Crippen LogP contribution is 2.38. The summed E-state index contributed by atoms with van der Waals surface area (Å²) in [7, 11) is -0.606. The third-order valence-corrected chi connectivity index (χ3v) is 5.61. The quantitative estimate of drug-likeness (QED) is 0.475. The summed E-state index contributed by atoms with van der Waals surface area (Å²) in [5.74, 6) is 0.308. The monoisotopic (exact) mass is 441 g/mol. The third kappa shape index (κ3) is 6.38. The molecule has 0 bridgehead atoms. The maximum Gasteiger partial charge on any atom is 0.492 e. The van der Waals surface area contributed by atoms with E-state index >= 15 is 0 Å². The predicted octanol–water partition coefficient (Wildman–Crippen LogP) is 5.62. The van der Waals surface area contributed by atoms with E-state index in [0.717, 1.165) is 16.6 Å². The van der Waals surface area contributed by atoms with Gasteiger partial charge in [0.05, 0.1) is 11.2 Å². The minimum Gasteiger partial charge on any atom is -0.444 e. The number of carbonyl (C=O) groups excluding carboxylic acids is 1. The number of hydrogen-bond donors (Lipinski definition) is 1. The molecule has 1 heterocycles. The van der Waals surface area contributed by atoms with Gasteiger partial charge in [0, 0.05) is 17.4 Å². The number of rotatable bonds is 5. The van der Waals surface area contributed by atoms with Crippen LogP contribution in [0.4, 0.5) is 4.79 Å². The Bertz CT molecular complexity index is 771. The van der Waals surface area contributed by atoms with Crippen LogP contribution in [0.15, 0.2) is 23.7 Å². The van der Waals surface area contributed by atoms with Gasteiger partial charge < -0.3 is 19.4 Å². The van der Waals surface area contributed by atoms with Gasteiger partial charge >= 0.3 is 13.2 Å². The van der Waals surface area contributed by atoms with E-state index < -0.39 is 30.0 Å². The summed E-state index contributed by atoms with van der Waals surface area (Å²) in [5, 5.41) is 3.40. The van der Waals surface area contributed by atoms with E-state index in [2.05, 4.69) is 5.32 Å². The molecular formula is C21H30BCl2NO4. The first-order valence-electron chi connectivity index (χ1n) is 9.61. The number of benzene rings is 1. The van der Waals surface area contributed by atoms with E-state index in [9.17, 15) is 4.79 Å². The van der Waals surface area contributed by atoms with Gasteiger partial charge in [-0.1, -0.05) is 23.7 Å². The maximum absolute atomic E-state index is 12.2. The zero-order valence-corrected chi connectivity index (χ0v) is 19.7. The fourth-order valence-electron chi connectivity index (χ4n) is 2.69. The maximum atomic E-state index is 12.2. The summed E-state index contributed by atoms with van der Waals surface area (Å²) in [6, 6.07) is 5.60. The summed E-state index contributed by atoms with van der Waals surface area (Å²) < 4.78 is 17.7. The lowest BCUT2D eigenvalue weighted by Gasteiger charge is -2.32. The first kappa shape index (κ1) is 24.1. The number of ether oxygens (including phenoxy) is 1. The highest BCUT2D eigenvalue weighted by molar-refractivity contribution is 6.56. The topological polar surface area (TPSA) is 56.8 Å². The summed E-state index contributed by atoms with van der Waals surface area (Å²) in [6.45, 7) is 13.6. The molecule has 1 aliphatic heterocycles. The molecule has 1 N–H and O–H groups in total. The fraction of sp³-hybridized carbons (Fsp3) is 0.571. The average Bonchev–Trinajstić information content (AvgIpc) is 2.79. The number of hydrogen-bond acceptors (Lipinski definition) is 4. The van der Waals surface area contributed by atoms with Gasteiger partial charge in [0.15, 0.2) is 0 Å². The van der Waals surface area contributed by atoms with E-state index in [-0.39, 0.29) is 6.54 Å². The van der Waals surface area contributed by atoms with Crippen molar-refractivity contribution in [3.05, 3.63) is 39.8 Å². The molecule has 0 aromatic heterocycles. The molecule has 1 aliphatic rings. The fourth-order valence-corrected chi connectivity index (χ4v) is 3.16. The van der Waals surface area contributed by atoms with Crippen molar-refractivity contribution in [1.82, 2.24) is 5.32 Å². The molecule has 8 heteroatoms. The predicted molar refractivity (Wildman–Crippen MR) is 119 cm³/mol. The molecule has 29 heavy (non-hydrogen) atoms. The molecule has 1 aromatic carbocycles. The molecule has 1 amide bonds. The Morgan fingerprint density at radius 3 is 2.31 bits per heavy atom. The Labute approximate surface area is 184 Å². The molecule has 0 atom stereocenters. The average molecular weight is 442 g/mol. The first-order chi connectivity index (χ1) is 13.2. The van der Waals surface area contributed by atoms with Crippen LogP contribution in [0, 0.1) is 0 Å². The van der Waals surface area contributed by atoms with Crippen molar-refractivity contribution in [2.45, 2.75) is 71.1 Å². The van der Waals surface area contributed by atoms with E-state index in [4.69, 9.17) is 37.2 Å². The highest BCUT2D eigenvalue weighted by Gasteiger charge is 2.52. The molecule has 1 fully saturated rings. The number of alkyl carbamates (subject to hydrolysis) is 1. The van der Waals surface area contributed by atoms with Crippen LogP contribution < -0.4 is 5.32 Å². The summed E-state index contributed by atoms with van der Waals surface area (Å²) in [6.07, 6.45) is 1.42. The van der Waals surface area contributed by atoms with E-state index in [1.165, 1.54) is 0 Å². The Balaban J connectivity index is 2.30. The molecule has 1 aromatic rings. The molecule has 0 spiro atoms. The van der Waals surface area contributed by atoms with Crippen molar-refractivity contribution in [3.63, 3.8) is 0 Å². The van der Waals surface area contributed by atoms with Gasteiger partial charge in [0.2, 0.25) is 0 Å². The largest absolute Gasteiger partial charge is 0.492 e. The molecule has 160 valence electrons. The minimum atomic E-state index is -0.606. The molecule has 0 aliphatic carbocycles. The second-order valence-electron chi connectivity index (χ2n) is 9.15. The van der Waals surface area contributed by atoms with Crippen molar-refractivity contribution in [1.29, 1.82) is 0 Å². The van der Waals surface area contributed by atoms with E-state index in [1.54, 1.807) is 6.07 Å². The number of carbonyl (C=O) groups is 1. The minimum absolute atomic E-state index is 0.213. The van der Waals surface area contributed by atoms with Gasteiger partial charge in [-0.3, -0.25) is 0 Å². The smallest absolute Gasteiger partial charge is 0.444 e. The van der Waals surface area contributed by atoms with Crippen molar-refractivity contribution in [2.75, 3.05) is 6.54 Å². The Morgan fingerprint density at radius 2 is 1.79 bits per heavy atom. The van der Waals surface area contributed by atoms with Gasteiger partial charge in [0.1, 0.15) is 5.60 Å². The first-order valence-corrected chi connectivity index (χ1v) is 10.5. The molecular weight excluding hydrogens is 412 g/mol. The van der Waals surface area contributed by atoms with Gasteiger partial charge in [-0.25, -0.2) is 4.79 Å². The van der Waals surface area contributed by atoms with E-state index in [1.807, 2.05) is 66.7 Å². The SMILES string of the molecule is CC(C)(C)OC(=O)NCC(=Cc1ccc(Cl)c(CCl)c1)B1OC(C)(C)C(C)(C)O1. The Hall–Kier alpha value is -1.21. The van der Waals surface area contributed by atoms with Crippen LogP contribution in [0.1, 0.15) is 59.6 Å². The van der Waals surface area contributed by atoms with Crippen molar-refractivity contribution in [3.8, 4) is 0 Å². The number of nitrogens with one attached hydrogen (secondary N) is 1. The van der Waals surface area contributed by atoms with Gasteiger partial charge in [-0.05, 0) is 77.2 Å². The van der Waals surface area contributed by atoms with Crippen molar-refractivity contribution in [2.24, 2.45) is 0 Å². The molecule has 2 rings (SSSR count). The Morgan fingerprint density at radius 1 is 1.21 bits per heavy atom. The molecule has 5 nitrogen and oxygen atoms in total. The van der Waals surface area contributed by atoms with Crippen LogP contribution in [-0.4, -0.2) is 36.6 Å².